The molecule has 6 rings (SSSR count). The Bertz CT molecular complexity index is 1520. The molecule has 2 aromatic carbocycles. The number of carbonyl (C=O) groups is 2. The van der Waals surface area contributed by atoms with Crippen LogP contribution in [0.25, 0.3) is 11.0 Å². The number of anilines is 2. The molecule has 3 unspecified atom stereocenters. The Morgan fingerprint density at radius 1 is 1.13 bits per heavy atom. The van der Waals surface area contributed by atoms with Crippen LogP contribution in [0.2, 0.25) is 0 Å². The summed E-state index contributed by atoms with van der Waals surface area (Å²) in [6.45, 7) is 3.55. The van der Waals surface area contributed by atoms with Gasteiger partial charge < -0.3 is 19.4 Å². The molecule has 3 atom stereocenters. The van der Waals surface area contributed by atoms with Gasteiger partial charge in [-0.3, -0.25) is 4.79 Å². The highest BCUT2D eigenvalue weighted by Gasteiger charge is 2.61. The summed E-state index contributed by atoms with van der Waals surface area (Å²) < 4.78 is 76.0. The number of esters is 2. The van der Waals surface area contributed by atoms with Crippen molar-refractivity contribution in [1.82, 2.24) is 0 Å². The van der Waals surface area contributed by atoms with Gasteiger partial charge in [0, 0.05) is 42.2 Å². The highest BCUT2D eigenvalue weighted by atomic mass is 19.4. The van der Waals surface area contributed by atoms with Gasteiger partial charge in [-0.25, -0.2) is 18.4 Å². The normalized spacial score (nSPS) is 20.7. The first-order chi connectivity index (χ1) is 18.3. The van der Waals surface area contributed by atoms with Crippen LogP contribution in [0.4, 0.5) is 33.5 Å². The second-order valence-electron chi connectivity index (χ2n) is 9.98. The predicted octanol–water partition coefficient (Wildman–Crippen LogP) is 5.61. The van der Waals surface area contributed by atoms with Crippen molar-refractivity contribution in [3.05, 3.63) is 69.4 Å². The van der Waals surface area contributed by atoms with E-state index in [4.69, 9.17) is 4.42 Å². The van der Waals surface area contributed by atoms with E-state index in [-0.39, 0.29) is 46.6 Å². The third-order valence-corrected chi connectivity index (χ3v) is 7.24. The van der Waals surface area contributed by atoms with Crippen LogP contribution >= 0.6 is 0 Å². The van der Waals surface area contributed by atoms with E-state index in [1.165, 1.54) is 30.3 Å². The van der Waals surface area contributed by atoms with Crippen molar-refractivity contribution >= 4 is 34.5 Å². The Kier molecular flexibility index (Phi) is 6.39. The smallest absolute Gasteiger partial charge is 0.440 e. The summed E-state index contributed by atoms with van der Waals surface area (Å²) in [6, 6.07) is 9.55. The number of piperidine rings is 2. The summed E-state index contributed by atoms with van der Waals surface area (Å²) in [5.74, 6) is -8.30. The van der Waals surface area contributed by atoms with Crippen LogP contribution in [-0.2, 0) is 9.53 Å². The first-order valence-corrected chi connectivity index (χ1v) is 12.2. The lowest BCUT2D eigenvalue weighted by atomic mass is 9.67. The highest BCUT2D eigenvalue weighted by molar-refractivity contribution is 6.02. The minimum atomic E-state index is -5.34. The molecule has 2 saturated heterocycles. The van der Waals surface area contributed by atoms with Gasteiger partial charge in [-0.15, -0.1) is 0 Å². The number of rotatable bonds is 5. The lowest BCUT2D eigenvalue weighted by molar-refractivity contribution is -0.194. The fourth-order valence-corrected chi connectivity index (χ4v) is 5.20. The number of halogens is 5. The standard InChI is InChI=1S/C27H23F5N2O5/c1-13-7-18(14(2)33-20-6-4-3-5-17(20)24(36)39-25(37)27(30,31)32)23-19(8-13)21(35)10-22(38-23)34-11-15-9-16(12-34)26(15,28)29/h3-8,10,14-16,33H,9,11-12H2,1-2H3. The van der Waals surface area contributed by atoms with Crippen LogP contribution in [0.3, 0.4) is 0 Å². The quantitative estimate of drug-likeness (QED) is 0.251. The van der Waals surface area contributed by atoms with Gasteiger partial charge in [0.1, 0.15) is 5.58 Å². The number of nitrogens with one attached hydrogen (secondary N) is 1. The minimum absolute atomic E-state index is 0.0546. The monoisotopic (exact) mass is 550 g/mol. The highest BCUT2D eigenvalue weighted by Crippen LogP contribution is 2.53. The number of carbonyl (C=O) groups excluding carboxylic acids is 2. The van der Waals surface area contributed by atoms with E-state index >= 15 is 0 Å². The third kappa shape index (κ3) is 4.83. The van der Waals surface area contributed by atoms with Crippen LogP contribution < -0.4 is 15.6 Å². The molecule has 3 aromatic rings. The molecule has 2 aliphatic heterocycles. The maximum absolute atomic E-state index is 14.1. The number of ether oxygens (including phenoxy) is 1. The van der Waals surface area contributed by atoms with Gasteiger partial charge in [-0.2, -0.15) is 13.2 Å². The van der Waals surface area contributed by atoms with Crippen LogP contribution in [-0.4, -0.2) is 37.1 Å². The molecule has 1 N–H and O–H groups in total. The van der Waals surface area contributed by atoms with Gasteiger partial charge >= 0.3 is 18.1 Å². The first kappa shape index (κ1) is 26.6. The second-order valence-corrected chi connectivity index (χ2v) is 9.98. The Morgan fingerprint density at radius 2 is 1.79 bits per heavy atom. The summed E-state index contributed by atoms with van der Waals surface area (Å²) in [5, 5.41) is 3.28. The van der Waals surface area contributed by atoms with Gasteiger partial charge in [0.2, 0.25) is 0 Å². The van der Waals surface area contributed by atoms with E-state index in [0.717, 1.165) is 0 Å². The van der Waals surface area contributed by atoms with E-state index < -0.39 is 41.9 Å². The molecule has 2 bridgehead atoms. The molecule has 1 aromatic heterocycles. The number of alkyl halides is 5. The summed E-state index contributed by atoms with van der Waals surface area (Å²) >= 11 is 0. The lowest BCUT2D eigenvalue weighted by Gasteiger charge is -2.53. The zero-order valence-electron chi connectivity index (χ0n) is 20.8. The van der Waals surface area contributed by atoms with E-state index in [0.29, 0.717) is 17.5 Å². The van der Waals surface area contributed by atoms with Gasteiger partial charge in [0.05, 0.1) is 17.0 Å². The van der Waals surface area contributed by atoms with Crippen molar-refractivity contribution < 1.29 is 40.7 Å². The molecule has 3 aliphatic rings. The van der Waals surface area contributed by atoms with Crippen molar-refractivity contribution in [2.75, 3.05) is 23.3 Å². The van der Waals surface area contributed by atoms with Gasteiger partial charge in [0.25, 0.3) is 5.92 Å². The predicted molar refractivity (Wildman–Crippen MR) is 131 cm³/mol. The molecule has 206 valence electrons. The van der Waals surface area contributed by atoms with Gasteiger partial charge in [0.15, 0.2) is 11.3 Å². The number of hydrogen-bond donors (Lipinski definition) is 1. The largest absolute Gasteiger partial charge is 0.491 e. The number of benzene rings is 2. The fourth-order valence-electron chi connectivity index (χ4n) is 5.20. The van der Waals surface area contributed by atoms with E-state index in [9.17, 15) is 36.3 Å². The second kappa shape index (κ2) is 9.35. The van der Waals surface area contributed by atoms with Gasteiger partial charge in [-0.1, -0.05) is 18.2 Å². The van der Waals surface area contributed by atoms with Crippen LogP contribution in [0, 0.1) is 18.8 Å². The summed E-state index contributed by atoms with van der Waals surface area (Å²) in [6.07, 6.45) is -4.92. The number of hydrogen-bond acceptors (Lipinski definition) is 7. The molecule has 3 fully saturated rings. The third-order valence-electron chi connectivity index (χ3n) is 7.24. The zero-order valence-corrected chi connectivity index (χ0v) is 20.8. The first-order valence-electron chi connectivity index (χ1n) is 12.2. The molecular formula is C27H23F5N2O5. The summed E-state index contributed by atoms with van der Waals surface area (Å²) in [4.78, 5) is 38.2. The Balaban J connectivity index is 1.47. The van der Waals surface area contributed by atoms with E-state index in [1.807, 2.05) is 0 Å². The van der Waals surface area contributed by atoms with Crippen LogP contribution in [0.15, 0.2) is 51.7 Å². The van der Waals surface area contributed by atoms with E-state index in [1.54, 1.807) is 30.9 Å². The van der Waals surface area contributed by atoms with Crippen molar-refractivity contribution in [1.29, 1.82) is 0 Å². The van der Waals surface area contributed by atoms with Crippen molar-refractivity contribution in [2.24, 2.45) is 11.8 Å². The Hall–Kier alpha value is -3.96. The van der Waals surface area contributed by atoms with Crippen LogP contribution in [0.5, 0.6) is 0 Å². The molecule has 39 heavy (non-hydrogen) atoms. The Morgan fingerprint density at radius 3 is 2.44 bits per heavy atom. The van der Waals surface area contributed by atoms with Crippen molar-refractivity contribution in [3.63, 3.8) is 0 Å². The average molecular weight is 550 g/mol. The molecule has 3 heterocycles. The SMILES string of the molecule is Cc1cc(C(C)Nc2ccccc2C(=O)OC(=O)C(F)(F)F)c2oc(N3CC4CC(C3)C4(F)F)cc(=O)c2c1. The van der Waals surface area contributed by atoms with Crippen molar-refractivity contribution in [2.45, 2.75) is 38.4 Å². The molecule has 0 spiro atoms. The summed E-state index contributed by atoms with van der Waals surface area (Å²) in [5.41, 5.74) is 0.830. The molecule has 12 heteroatoms. The van der Waals surface area contributed by atoms with E-state index in [2.05, 4.69) is 10.1 Å². The number of para-hydroxylation sites is 1. The van der Waals surface area contributed by atoms with Crippen LogP contribution in [0.1, 0.15) is 40.9 Å². The summed E-state index contributed by atoms with van der Waals surface area (Å²) in [7, 11) is 0. The minimum Gasteiger partial charge on any atom is -0.440 e. The molecule has 0 amide bonds. The molecular weight excluding hydrogens is 527 g/mol. The maximum atomic E-state index is 14.1. The molecule has 0 radical (unpaired) electrons. The topological polar surface area (TPSA) is 88.8 Å². The Labute approximate surface area is 218 Å². The van der Waals surface area contributed by atoms with Crippen molar-refractivity contribution in [3.8, 4) is 0 Å². The molecule has 7 nitrogen and oxygen atoms in total. The fraction of sp³-hybridized carbons (Fsp3) is 0.370. The lowest BCUT2D eigenvalue weighted by Crippen LogP contribution is -2.62. The molecule has 1 saturated carbocycles. The molecule has 1 aliphatic carbocycles. The maximum Gasteiger partial charge on any atom is 0.491 e. The zero-order chi connectivity index (χ0) is 28.3. The average Bonchev–Trinajstić information content (AvgIpc) is 2.88. The number of nitrogens with zero attached hydrogens (tertiary/aromatic N) is 1. The van der Waals surface area contributed by atoms with Gasteiger partial charge in [-0.05, 0) is 44.0 Å². The number of fused-ring (bicyclic) bond motifs is 3. The number of aryl methyl sites for hydroxylation is 1.